The molecule has 4 heteroatoms. The zero-order chi connectivity index (χ0) is 17.1. The van der Waals surface area contributed by atoms with Crippen LogP contribution in [0.5, 0.6) is 0 Å². The molecule has 128 valence electrons. The highest BCUT2D eigenvalue weighted by molar-refractivity contribution is 9.10. The highest BCUT2D eigenvalue weighted by atomic mass is 79.9. The Morgan fingerprint density at radius 1 is 0.583 bits per heavy atom. The maximum absolute atomic E-state index is 9.12. The molecule has 4 rings (SSSR count). The molecule has 0 aliphatic heterocycles. The molecule has 2 aliphatic carbocycles. The Bertz CT molecular complexity index is 583. The first-order valence-corrected chi connectivity index (χ1v) is 9.97. The van der Waals surface area contributed by atoms with Crippen LogP contribution in [0.2, 0.25) is 0 Å². The molecule has 2 aromatic rings. The fourth-order valence-electron chi connectivity index (χ4n) is 3.19. The summed E-state index contributed by atoms with van der Waals surface area (Å²) in [5.41, 5.74) is 2.70. The predicted molar refractivity (Wildman–Crippen MR) is 104 cm³/mol. The van der Waals surface area contributed by atoms with E-state index < -0.39 is 0 Å². The summed E-state index contributed by atoms with van der Waals surface area (Å²) < 4.78 is 2.23. The molecule has 0 atom stereocenters. The average Bonchev–Trinajstić information content (AvgIpc) is 2.52. The highest BCUT2D eigenvalue weighted by Crippen LogP contribution is 2.37. The third-order valence-electron chi connectivity index (χ3n) is 4.91. The van der Waals surface area contributed by atoms with Crippen molar-refractivity contribution in [3.05, 3.63) is 68.6 Å². The first-order chi connectivity index (χ1) is 11.5. The van der Waals surface area contributed by atoms with Crippen molar-refractivity contribution in [2.45, 2.75) is 49.7 Å². The maximum atomic E-state index is 9.12. The molecule has 2 nitrogen and oxygen atoms in total. The van der Waals surface area contributed by atoms with Crippen molar-refractivity contribution in [1.82, 2.24) is 0 Å². The molecule has 2 fully saturated rings. The van der Waals surface area contributed by atoms with Gasteiger partial charge in [0.2, 0.25) is 0 Å². The fourth-order valence-corrected chi connectivity index (χ4v) is 3.72. The number of hydrogen-bond donors (Lipinski definition) is 2. The molecule has 2 aromatic carbocycles. The van der Waals surface area contributed by atoms with E-state index >= 15 is 0 Å². The van der Waals surface area contributed by atoms with Gasteiger partial charge in [0.15, 0.2) is 0 Å². The largest absolute Gasteiger partial charge is 0.393 e. The number of aliphatic hydroxyl groups excluding tert-OH is 2. The molecule has 0 radical (unpaired) electrons. The minimum absolute atomic E-state index is 0.0568. The number of hydrogen-bond acceptors (Lipinski definition) is 2. The Kier molecular flexibility index (Phi) is 6.14. The lowest BCUT2D eigenvalue weighted by molar-refractivity contribution is 0.0743. The van der Waals surface area contributed by atoms with Gasteiger partial charge in [-0.1, -0.05) is 56.1 Å². The molecule has 0 bridgehead atoms. The lowest BCUT2D eigenvalue weighted by Crippen LogP contribution is -2.26. The van der Waals surface area contributed by atoms with E-state index in [4.69, 9.17) is 10.2 Å². The lowest BCUT2D eigenvalue weighted by Gasteiger charge is -2.31. The van der Waals surface area contributed by atoms with E-state index in [1.165, 1.54) is 11.1 Å². The van der Waals surface area contributed by atoms with Gasteiger partial charge in [-0.2, -0.15) is 0 Å². The van der Waals surface area contributed by atoms with Gasteiger partial charge in [0.05, 0.1) is 12.2 Å². The molecule has 24 heavy (non-hydrogen) atoms. The van der Waals surface area contributed by atoms with Crippen LogP contribution in [0, 0.1) is 0 Å². The van der Waals surface area contributed by atoms with Crippen molar-refractivity contribution < 1.29 is 10.2 Å². The van der Waals surface area contributed by atoms with Gasteiger partial charge in [-0.25, -0.2) is 0 Å². The molecule has 0 aromatic heterocycles. The summed E-state index contributed by atoms with van der Waals surface area (Å²) in [6.45, 7) is 0. The second-order valence-corrected chi connectivity index (χ2v) is 8.58. The predicted octanol–water partition coefficient (Wildman–Crippen LogP) is 5.37. The lowest BCUT2D eigenvalue weighted by atomic mass is 9.78. The molecule has 2 N–H and O–H groups in total. The highest BCUT2D eigenvalue weighted by Gasteiger charge is 2.28. The van der Waals surface area contributed by atoms with Gasteiger partial charge >= 0.3 is 0 Å². The van der Waals surface area contributed by atoms with Crippen molar-refractivity contribution >= 4 is 31.9 Å². The summed E-state index contributed by atoms with van der Waals surface area (Å²) in [4.78, 5) is 0. The molecule has 0 heterocycles. The summed E-state index contributed by atoms with van der Waals surface area (Å²) in [7, 11) is 0. The Hall–Kier alpha value is -0.680. The van der Waals surface area contributed by atoms with Gasteiger partial charge < -0.3 is 10.2 Å². The molecule has 0 amide bonds. The van der Waals surface area contributed by atoms with Crippen LogP contribution in [0.1, 0.15) is 48.6 Å². The van der Waals surface area contributed by atoms with E-state index in [2.05, 4.69) is 80.4 Å². The minimum atomic E-state index is -0.0568. The standard InChI is InChI=1S/2C10H11BrO/c2*11-9-3-1-7(2-4-9)8-5-10(12)6-8/h2*1-4,8,10,12H,5-6H2. The monoisotopic (exact) mass is 452 g/mol. The van der Waals surface area contributed by atoms with Crippen LogP contribution in [-0.2, 0) is 0 Å². The summed E-state index contributed by atoms with van der Waals surface area (Å²) in [6, 6.07) is 16.7. The Morgan fingerprint density at radius 2 is 0.875 bits per heavy atom. The Balaban J connectivity index is 0.000000141. The molecular formula is C20H22Br2O2. The van der Waals surface area contributed by atoms with Crippen LogP contribution in [0.15, 0.2) is 57.5 Å². The van der Waals surface area contributed by atoms with Gasteiger partial charge in [0, 0.05) is 8.95 Å². The first kappa shape index (κ1) is 18.1. The molecule has 0 saturated heterocycles. The summed E-state index contributed by atoms with van der Waals surface area (Å²) in [5, 5.41) is 18.2. The second kappa shape index (κ2) is 8.13. The SMILES string of the molecule is OC1CC(c2ccc(Br)cc2)C1.OC1CC(c2ccc(Br)cc2)C1. The second-order valence-electron chi connectivity index (χ2n) is 6.75. The fraction of sp³-hybridized carbons (Fsp3) is 0.400. The number of benzene rings is 2. The van der Waals surface area contributed by atoms with Crippen LogP contribution in [0.3, 0.4) is 0 Å². The van der Waals surface area contributed by atoms with E-state index in [0.29, 0.717) is 11.8 Å². The van der Waals surface area contributed by atoms with Crippen molar-refractivity contribution in [3.8, 4) is 0 Å². The number of aliphatic hydroxyl groups is 2. The van der Waals surface area contributed by atoms with Gasteiger partial charge in [-0.05, 0) is 72.9 Å². The normalized spacial score (nSPS) is 28.2. The van der Waals surface area contributed by atoms with E-state index in [-0.39, 0.29) is 12.2 Å². The van der Waals surface area contributed by atoms with Gasteiger partial charge in [-0.15, -0.1) is 0 Å². The van der Waals surface area contributed by atoms with Crippen molar-refractivity contribution in [2.75, 3.05) is 0 Å². The van der Waals surface area contributed by atoms with E-state index in [9.17, 15) is 0 Å². The zero-order valence-corrected chi connectivity index (χ0v) is 16.6. The van der Waals surface area contributed by atoms with Crippen LogP contribution in [-0.4, -0.2) is 22.4 Å². The minimum Gasteiger partial charge on any atom is -0.393 e. The summed E-state index contributed by atoms with van der Waals surface area (Å²) >= 11 is 6.79. The Morgan fingerprint density at radius 3 is 1.12 bits per heavy atom. The molecule has 2 saturated carbocycles. The van der Waals surface area contributed by atoms with Crippen LogP contribution in [0.25, 0.3) is 0 Å². The average molecular weight is 454 g/mol. The van der Waals surface area contributed by atoms with Crippen molar-refractivity contribution in [3.63, 3.8) is 0 Å². The third-order valence-corrected chi connectivity index (χ3v) is 5.97. The quantitative estimate of drug-likeness (QED) is 0.641. The van der Waals surface area contributed by atoms with Gasteiger partial charge in [-0.3, -0.25) is 0 Å². The smallest absolute Gasteiger partial charge is 0.0552 e. The van der Waals surface area contributed by atoms with E-state index in [1.54, 1.807) is 0 Å². The molecule has 0 spiro atoms. The van der Waals surface area contributed by atoms with Crippen LogP contribution < -0.4 is 0 Å². The van der Waals surface area contributed by atoms with Gasteiger partial charge in [0.1, 0.15) is 0 Å². The molecule has 2 aliphatic rings. The molecular weight excluding hydrogens is 432 g/mol. The zero-order valence-electron chi connectivity index (χ0n) is 13.4. The summed E-state index contributed by atoms with van der Waals surface area (Å²) in [5.74, 6) is 1.18. The molecule has 0 unspecified atom stereocenters. The maximum Gasteiger partial charge on any atom is 0.0552 e. The Labute approximate surface area is 160 Å². The number of rotatable bonds is 2. The van der Waals surface area contributed by atoms with Gasteiger partial charge in [0.25, 0.3) is 0 Å². The van der Waals surface area contributed by atoms with E-state index in [0.717, 1.165) is 34.6 Å². The van der Waals surface area contributed by atoms with E-state index in [1.807, 2.05) is 0 Å². The van der Waals surface area contributed by atoms with Crippen molar-refractivity contribution in [1.29, 1.82) is 0 Å². The summed E-state index contributed by atoms with van der Waals surface area (Å²) in [6.07, 6.45) is 3.62. The van der Waals surface area contributed by atoms with Crippen LogP contribution >= 0.6 is 31.9 Å². The number of halogens is 2. The van der Waals surface area contributed by atoms with Crippen molar-refractivity contribution in [2.24, 2.45) is 0 Å². The first-order valence-electron chi connectivity index (χ1n) is 8.38. The third kappa shape index (κ3) is 4.69. The topological polar surface area (TPSA) is 40.5 Å². The van der Waals surface area contributed by atoms with Crippen LogP contribution in [0.4, 0.5) is 0 Å².